The van der Waals surface area contributed by atoms with Gasteiger partial charge in [0.25, 0.3) is 0 Å². The quantitative estimate of drug-likeness (QED) is 0.774. The van der Waals surface area contributed by atoms with E-state index in [4.69, 9.17) is 5.11 Å². The number of carboxylic acids is 1. The van der Waals surface area contributed by atoms with Crippen molar-refractivity contribution in [1.29, 1.82) is 0 Å². The minimum absolute atomic E-state index is 0.211. The van der Waals surface area contributed by atoms with Crippen molar-refractivity contribution >= 4 is 23.2 Å². The molecule has 4 nitrogen and oxygen atoms in total. The smallest absolute Gasteiger partial charge is 0.337 e. The third-order valence-corrected chi connectivity index (χ3v) is 2.65. The first-order valence-electron chi connectivity index (χ1n) is 4.99. The van der Waals surface area contributed by atoms with E-state index in [1.54, 1.807) is 6.07 Å². The van der Waals surface area contributed by atoms with Crippen molar-refractivity contribution in [1.82, 2.24) is 4.98 Å². The molecular weight excluding hydrogens is 206 g/mol. The number of aromatic amines is 1. The van der Waals surface area contributed by atoms with Crippen molar-refractivity contribution in [3.63, 3.8) is 0 Å². The van der Waals surface area contributed by atoms with Crippen molar-refractivity contribution in [3.8, 4) is 0 Å². The monoisotopic (exact) mass is 217 g/mol. The number of fused-ring (bicyclic) bond motifs is 1. The molecular formula is C12H11NO3. The van der Waals surface area contributed by atoms with Crippen LogP contribution in [0.3, 0.4) is 0 Å². The van der Waals surface area contributed by atoms with Gasteiger partial charge in [-0.2, -0.15) is 0 Å². The van der Waals surface area contributed by atoms with E-state index < -0.39 is 5.97 Å². The molecule has 1 aromatic carbocycles. The molecule has 2 rings (SSSR count). The van der Waals surface area contributed by atoms with E-state index in [9.17, 15) is 9.59 Å². The molecule has 0 fully saturated rings. The van der Waals surface area contributed by atoms with E-state index in [1.165, 1.54) is 6.20 Å². The van der Waals surface area contributed by atoms with Gasteiger partial charge in [0.15, 0.2) is 6.29 Å². The number of aryl methyl sites for hydroxylation is 1. The second-order valence-electron chi connectivity index (χ2n) is 3.59. The molecule has 82 valence electrons. The van der Waals surface area contributed by atoms with Gasteiger partial charge in [-0.15, -0.1) is 0 Å². The molecule has 0 radical (unpaired) electrons. The molecule has 0 spiro atoms. The van der Waals surface area contributed by atoms with Gasteiger partial charge in [0, 0.05) is 17.1 Å². The Kier molecular flexibility index (Phi) is 2.48. The van der Waals surface area contributed by atoms with E-state index in [-0.39, 0.29) is 5.56 Å². The Morgan fingerprint density at radius 3 is 2.81 bits per heavy atom. The van der Waals surface area contributed by atoms with Crippen molar-refractivity contribution in [3.05, 3.63) is 35.0 Å². The highest BCUT2D eigenvalue weighted by atomic mass is 16.4. The Balaban J connectivity index is 2.83. The van der Waals surface area contributed by atoms with Gasteiger partial charge in [-0.3, -0.25) is 4.79 Å². The maximum absolute atomic E-state index is 11.1. The summed E-state index contributed by atoms with van der Waals surface area (Å²) in [5, 5.41) is 9.75. The number of rotatable bonds is 3. The van der Waals surface area contributed by atoms with Crippen molar-refractivity contribution in [2.24, 2.45) is 0 Å². The van der Waals surface area contributed by atoms with E-state index in [2.05, 4.69) is 4.98 Å². The second-order valence-corrected chi connectivity index (χ2v) is 3.59. The molecule has 0 saturated heterocycles. The van der Waals surface area contributed by atoms with E-state index in [0.717, 1.165) is 18.3 Å². The standard InChI is InChI=1S/C12H11NO3/c1-2-7-3-9-8(6-14)5-13-11(9)10(4-7)12(15)16/h3-6,13H,2H2,1H3,(H,15,16). The molecule has 0 aliphatic rings. The van der Waals surface area contributed by atoms with Gasteiger partial charge in [0.1, 0.15) is 0 Å². The normalized spacial score (nSPS) is 10.6. The number of nitrogens with one attached hydrogen (secondary N) is 1. The minimum atomic E-state index is -0.986. The molecule has 4 heteroatoms. The lowest BCUT2D eigenvalue weighted by Gasteiger charge is -2.02. The maximum atomic E-state index is 11.1. The third kappa shape index (κ3) is 1.48. The molecule has 0 bridgehead atoms. The Morgan fingerprint density at radius 1 is 1.50 bits per heavy atom. The van der Waals surface area contributed by atoms with Gasteiger partial charge < -0.3 is 10.1 Å². The van der Waals surface area contributed by atoms with E-state index in [1.807, 2.05) is 13.0 Å². The van der Waals surface area contributed by atoms with Crippen molar-refractivity contribution in [2.75, 3.05) is 0 Å². The number of aromatic nitrogens is 1. The zero-order valence-corrected chi connectivity index (χ0v) is 8.78. The summed E-state index contributed by atoms with van der Waals surface area (Å²) < 4.78 is 0. The third-order valence-electron chi connectivity index (χ3n) is 2.65. The first kappa shape index (κ1) is 10.4. The Labute approximate surface area is 91.9 Å². The fourth-order valence-corrected chi connectivity index (χ4v) is 1.78. The molecule has 0 unspecified atom stereocenters. The molecule has 0 atom stereocenters. The lowest BCUT2D eigenvalue weighted by molar-refractivity contribution is 0.0698. The van der Waals surface area contributed by atoms with Crippen LogP contribution in [0.4, 0.5) is 0 Å². The van der Waals surface area contributed by atoms with Crippen LogP contribution in [0.25, 0.3) is 10.9 Å². The Morgan fingerprint density at radius 2 is 2.25 bits per heavy atom. The van der Waals surface area contributed by atoms with Gasteiger partial charge in [0.2, 0.25) is 0 Å². The zero-order chi connectivity index (χ0) is 11.7. The lowest BCUT2D eigenvalue weighted by atomic mass is 10.0. The molecule has 0 saturated carbocycles. The fraction of sp³-hybridized carbons (Fsp3) is 0.167. The summed E-state index contributed by atoms with van der Waals surface area (Å²) in [5.74, 6) is -0.986. The SMILES string of the molecule is CCc1cc(C(=O)O)c2[nH]cc(C=O)c2c1. The number of aldehydes is 1. The molecule has 1 heterocycles. The van der Waals surface area contributed by atoms with Crippen LogP contribution >= 0.6 is 0 Å². The Hall–Kier alpha value is -2.10. The molecule has 0 aliphatic heterocycles. The van der Waals surface area contributed by atoms with Crippen molar-refractivity contribution < 1.29 is 14.7 Å². The maximum Gasteiger partial charge on any atom is 0.337 e. The number of carboxylic acid groups (broad SMARTS) is 1. The predicted octanol–water partition coefficient (Wildman–Crippen LogP) is 2.24. The van der Waals surface area contributed by atoms with Gasteiger partial charge in [-0.1, -0.05) is 6.92 Å². The number of hydrogen-bond donors (Lipinski definition) is 2. The molecule has 0 aliphatic carbocycles. The van der Waals surface area contributed by atoms with Gasteiger partial charge in [-0.25, -0.2) is 4.79 Å². The first-order chi connectivity index (χ1) is 7.67. The molecule has 1 aromatic heterocycles. The van der Waals surface area contributed by atoms with Crippen molar-refractivity contribution in [2.45, 2.75) is 13.3 Å². The zero-order valence-electron chi connectivity index (χ0n) is 8.78. The largest absolute Gasteiger partial charge is 0.478 e. The highest BCUT2D eigenvalue weighted by Crippen LogP contribution is 2.23. The Bertz CT molecular complexity index is 569. The van der Waals surface area contributed by atoms with E-state index in [0.29, 0.717) is 16.5 Å². The summed E-state index contributed by atoms with van der Waals surface area (Å²) in [4.78, 5) is 24.7. The summed E-state index contributed by atoms with van der Waals surface area (Å²) in [5.41, 5.74) is 2.12. The summed E-state index contributed by atoms with van der Waals surface area (Å²) >= 11 is 0. The van der Waals surface area contributed by atoms with Crippen LogP contribution in [0, 0.1) is 0 Å². The highest BCUT2D eigenvalue weighted by Gasteiger charge is 2.13. The summed E-state index contributed by atoms with van der Waals surface area (Å²) in [6, 6.07) is 3.48. The van der Waals surface area contributed by atoms with Crippen LogP contribution in [0.5, 0.6) is 0 Å². The number of carbonyl (C=O) groups is 2. The van der Waals surface area contributed by atoms with Gasteiger partial charge in [-0.05, 0) is 24.1 Å². The van der Waals surface area contributed by atoms with Gasteiger partial charge >= 0.3 is 5.97 Å². The average Bonchev–Trinajstić information content (AvgIpc) is 2.69. The van der Waals surface area contributed by atoms with Crippen LogP contribution in [0.2, 0.25) is 0 Å². The summed E-state index contributed by atoms with van der Waals surface area (Å²) in [6.07, 6.45) is 2.99. The molecule has 2 aromatic rings. The van der Waals surface area contributed by atoms with Crippen LogP contribution < -0.4 is 0 Å². The molecule has 0 amide bonds. The number of H-pyrrole nitrogens is 1. The van der Waals surface area contributed by atoms with Crippen LogP contribution in [-0.4, -0.2) is 22.3 Å². The fourth-order valence-electron chi connectivity index (χ4n) is 1.78. The topological polar surface area (TPSA) is 70.2 Å². The number of benzene rings is 1. The van der Waals surface area contributed by atoms with E-state index >= 15 is 0 Å². The molecule has 2 N–H and O–H groups in total. The average molecular weight is 217 g/mol. The van der Waals surface area contributed by atoms with Crippen LogP contribution in [0.15, 0.2) is 18.3 Å². The number of hydrogen-bond acceptors (Lipinski definition) is 2. The number of aromatic carboxylic acids is 1. The van der Waals surface area contributed by atoms with Gasteiger partial charge in [0.05, 0.1) is 11.1 Å². The van der Waals surface area contributed by atoms with Crippen LogP contribution in [0.1, 0.15) is 33.2 Å². The molecule has 16 heavy (non-hydrogen) atoms. The number of carbonyl (C=O) groups excluding carboxylic acids is 1. The summed E-state index contributed by atoms with van der Waals surface area (Å²) in [6.45, 7) is 1.94. The second kappa shape index (κ2) is 3.81. The highest BCUT2D eigenvalue weighted by molar-refractivity contribution is 6.07. The first-order valence-corrected chi connectivity index (χ1v) is 4.99. The van der Waals surface area contributed by atoms with Crippen LogP contribution in [-0.2, 0) is 6.42 Å². The summed E-state index contributed by atoms with van der Waals surface area (Å²) in [7, 11) is 0. The predicted molar refractivity (Wildman–Crippen MR) is 60.0 cm³/mol. The lowest BCUT2D eigenvalue weighted by Crippen LogP contribution is -1.99. The minimum Gasteiger partial charge on any atom is -0.478 e.